The van der Waals surface area contributed by atoms with Crippen LogP contribution in [0.3, 0.4) is 0 Å². The van der Waals surface area contributed by atoms with Crippen LogP contribution in [0, 0.1) is 27.3 Å². The number of anilines is 1. The minimum absolute atomic E-state index is 0.176. The van der Waals surface area contributed by atoms with E-state index in [2.05, 4.69) is 5.32 Å². The molecule has 2 aromatic carbocycles. The van der Waals surface area contributed by atoms with E-state index in [1.54, 1.807) is 18.2 Å². The molecule has 21 heavy (non-hydrogen) atoms. The van der Waals surface area contributed by atoms with Gasteiger partial charge in [0.15, 0.2) is 5.82 Å². The molecule has 0 saturated carbocycles. The number of non-ortho nitro benzene ring substituents is 1. The first-order valence-electron chi connectivity index (χ1n) is 6.22. The van der Waals surface area contributed by atoms with Gasteiger partial charge in [0.2, 0.25) is 0 Å². The fraction of sp³-hybridized carbons (Fsp3) is 0.133. The Labute approximate surface area is 120 Å². The van der Waals surface area contributed by atoms with Crippen LogP contribution in [0.15, 0.2) is 42.5 Å². The summed E-state index contributed by atoms with van der Waals surface area (Å²) in [7, 11) is 0. The molecule has 0 saturated heterocycles. The molecule has 0 fully saturated rings. The zero-order chi connectivity index (χ0) is 15.4. The molecule has 0 aliphatic carbocycles. The van der Waals surface area contributed by atoms with E-state index in [4.69, 9.17) is 5.26 Å². The summed E-state index contributed by atoms with van der Waals surface area (Å²) in [5.74, 6) is -0.688. The Kier molecular flexibility index (Phi) is 4.14. The molecular weight excluding hydrogens is 273 g/mol. The molecule has 0 heterocycles. The fourth-order valence-corrected chi connectivity index (χ4v) is 1.93. The SMILES string of the molecule is CC(Nc1ccc([N+](=O)[O-])cc1F)c1cccc(C#N)c1. The molecule has 2 aromatic rings. The number of benzene rings is 2. The van der Waals surface area contributed by atoms with Crippen LogP contribution in [0.25, 0.3) is 0 Å². The lowest BCUT2D eigenvalue weighted by molar-refractivity contribution is -0.385. The van der Waals surface area contributed by atoms with Crippen molar-refractivity contribution in [3.05, 3.63) is 69.5 Å². The van der Waals surface area contributed by atoms with Crippen molar-refractivity contribution in [2.75, 3.05) is 5.32 Å². The van der Waals surface area contributed by atoms with E-state index < -0.39 is 10.7 Å². The third kappa shape index (κ3) is 3.34. The smallest absolute Gasteiger partial charge is 0.272 e. The van der Waals surface area contributed by atoms with Gasteiger partial charge in [-0.15, -0.1) is 0 Å². The minimum Gasteiger partial charge on any atom is -0.376 e. The van der Waals surface area contributed by atoms with Crippen molar-refractivity contribution in [2.45, 2.75) is 13.0 Å². The Morgan fingerprint density at radius 3 is 2.71 bits per heavy atom. The topological polar surface area (TPSA) is 79.0 Å². The van der Waals surface area contributed by atoms with Gasteiger partial charge in [0, 0.05) is 12.1 Å². The van der Waals surface area contributed by atoms with E-state index in [1.165, 1.54) is 12.1 Å². The van der Waals surface area contributed by atoms with Gasteiger partial charge in [-0.3, -0.25) is 10.1 Å². The molecule has 106 valence electrons. The lowest BCUT2D eigenvalue weighted by Gasteiger charge is -2.16. The molecule has 0 amide bonds. The number of nitriles is 1. The Morgan fingerprint density at radius 2 is 2.10 bits per heavy atom. The maximum Gasteiger partial charge on any atom is 0.272 e. The van der Waals surface area contributed by atoms with Gasteiger partial charge in [-0.05, 0) is 30.7 Å². The number of nitrogens with one attached hydrogen (secondary N) is 1. The first kappa shape index (κ1) is 14.5. The van der Waals surface area contributed by atoms with Gasteiger partial charge in [-0.2, -0.15) is 5.26 Å². The van der Waals surface area contributed by atoms with Gasteiger partial charge in [0.05, 0.1) is 28.3 Å². The largest absolute Gasteiger partial charge is 0.376 e. The first-order valence-corrected chi connectivity index (χ1v) is 6.22. The third-order valence-electron chi connectivity index (χ3n) is 3.05. The second-order valence-corrected chi connectivity index (χ2v) is 4.52. The van der Waals surface area contributed by atoms with Crippen molar-refractivity contribution in [2.24, 2.45) is 0 Å². The molecule has 5 nitrogen and oxygen atoms in total. The van der Waals surface area contributed by atoms with Crippen molar-refractivity contribution in [1.29, 1.82) is 5.26 Å². The molecule has 0 aromatic heterocycles. The normalized spacial score (nSPS) is 11.5. The maximum atomic E-state index is 13.8. The average molecular weight is 285 g/mol. The van der Waals surface area contributed by atoms with Crippen LogP contribution < -0.4 is 5.32 Å². The summed E-state index contributed by atoms with van der Waals surface area (Å²) in [5.41, 5.74) is 1.23. The second kappa shape index (κ2) is 6.01. The van der Waals surface area contributed by atoms with E-state index in [-0.39, 0.29) is 17.4 Å². The predicted octanol–water partition coefficient (Wildman–Crippen LogP) is 3.78. The fourth-order valence-electron chi connectivity index (χ4n) is 1.93. The highest BCUT2D eigenvalue weighted by Crippen LogP contribution is 2.25. The van der Waals surface area contributed by atoms with Crippen LogP contribution in [0.2, 0.25) is 0 Å². The highest BCUT2D eigenvalue weighted by atomic mass is 19.1. The van der Waals surface area contributed by atoms with Crippen molar-refractivity contribution in [1.82, 2.24) is 0 Å². The molecule has 2 rings (SSSR count). The van der Waals surface area contributed by atoms with E-state index in [0.717, 1.165) is 11.6 Å². The lowest BCUT2D eigenvalue weighted by Crippen LogP contribution is -2.08. The monoisotopic (exact) mass is 285 g/mol. The molecule has 1 N–H and O–H groups in total. The Hall–Kier alpha value is -2.94. The molecular formula is C15H12FN3O2. The minimum atomic E-state index is -0.688. The Morgan fingerprint density at radius 1 is 1.33 bits per heavy atom. The molecule has 0 aliphatic heterocycles. The molecule has 0 bridgehead atoms. The van der Waals surface area contributed by atoms with E-state index in [9.17, 15) is 14.5 Å². The summed E-state index contributed by atoms with van der Waals surface area (Å²) in [6.45, 7) is 1.82. The maximum absolute atomic E-state index is 13.8. The van der Waals surface area contributed by atoms with Crippen molar-refractivity contribution >= 4 is 11.4 Å². The zero-order valence-corrected chi connectivity index (χ0v) is 11.2. The first-order chi connectivity index (χ1) is 10.0. The summed E-state index contributed by atoms with van der Waals surface area (Å²) < 4.78 is 13.8. The standard InChI is InChI=1S/C15H12FN3O2/c1-10(12-4-2-3-11(7-12)9-17)18-15-6-5-13(19(20)21)8-14(15)16/h2-8,10,18H,1H3. The summed E-state index contributed by atoms with van der Waals surface area (Å²) in [6, 6.07) is 12.2. The van der Waals surface area contributed by atoms with Crippen LogP contribution in [-0.4, -0.2) is 4.92 Å². The second-order valence-electron chi connectivity index (χ2n) is 4.52. The van der Waals surface area contributed by atoms with Crippen molar-refractivity contribution in [3.63, 3.8) is 0 Å². The van der Waals surface area contributed by atoms with Gasteiger partial charge >= 0.3 is 0 Å². The number of rotatable bonds is 4. The summed E-state index contributed by atoms with van der Waals surface area (Å²) in [4.78, 5) is 9.92. The number of nitro benzene ring substituents is 1. The highest BCUT2D eigenvalue weighted by molar-refractivity contribution is 5.51. The molecule has 0 aliphatic rings. The molecule has 0 radical (unpaired) electrons. The van der Waals surface area contributed by atoms with Crippen LogP contribution in [0.4, 0.5) is 15.8 Å². The van der Waals surface area contributed by atoms with Gasteiger partial charge < -0.3 is 5.32 Å². The van der Waals surface area contributed by atoms with Gasteiger partial charge in [-0.1, -0.05) is 12.1 Å². The quantitative estimate of drug-likeness (QED) is 0.685. The summed E-state index contributed by atoms with van der Waals surface area (Å²) in [5, 5.41) is 22.4. The number of hydrogen-bond acceptors (Lipinski definition) is 4. The predicted molar refractivity (Wildman–Crippen MR) is 76.2 cm³/mol. The average Bonchev–Trinajstić information content (AvgIpc) is 2.49. The third-order valence-corrected chi connectivity index (χ3v) is 3.05. The van der Waals surface area contributed by atoms with Gasteiger partial charge in [-0.25, -0.2) is 4.39 Å². The van der Waals surface area contributed by atoms with Crippen LogP contribution in [0.1, 0.15) is 24.1 Å². The van der Waals surface area contributed by atoms with Crippen LogP contribution in [0.5, 0.6) is 0 Å². The number of nitro groups is 1. The zero-order valence-electron chi connectivity index (χ0n) is 11.2. The van der Waals surface area contributed by atoms with Crippen LogP contribution in [-0.2, 0) is 0 Å². The lowest BCUT2D eigenvalue weighted by atomic mass is 10.1. The van der Waals surface area contributed by atoms with Gasteiger partial charge in [0.1, 0.15) is 0 Å². The van der Waals surface area contributed by atoms with Gasteiger partial charge in [0.25, 0.3) is 5.69 Å². The van der Waals surface area contributed by atoms with E-state index in [0.29, 0.717) is 5.56 Å². The Bertz CT molecular complexity index is 725. The molecule has 0 spiro atoms. The number of nitrogens with zero attached hydrogens (tertiary/aromatic N) is 2. The van der Waals surface area contributed by atoms with Crippen LogP contribution >= 0.6 is 0 Å². The molecule has 6 heteroatoms. The molecule has 1 unspecified atom stereocenters. The van der Waals surface area contributed by atoms with E-state index >= 15 is 0 Å². The summed E-state index contributed by atoms with van der Waals surface area (Å²) >= 11 is 0. The van der Waals surface area contributed by atoms with Crippen molar-refractivity contribution in [3.8, 4) is 6.07 Å². The number of hydrogen-bond donors (Lipinski definition) is 1. The van der Waals surface area contributed by atoms with E-state index in [1.807, 2.05) is 19.1 Å². The highest BCUT2D eigenvalue weighted by Gasteiger charge is 2.13. The molecule has 1 atom stereocenters. The number of halogens is 1. The Balaban J connectivity index is 2.21. The summed E-state index contributed by atoms with van der Waals surface area (Å²) in [6.07, 6.45) is 0. The van der Waals surface area contributed by atoms with Crippen molar-refractivity contribution < 1.29 is 9.31 Å².